The lowest BCUT2D eigenvalue weighted by molar-refractivity contribution is 0.0520. The first-order valence-corrected chi connectivity index (χ1v) is 7.96. The van der Waals surface area contributed by atoms with Crippen LogP contribution in [0.1, 0.15) is 35.7 Å². The number of likely N-dealkylation sites (tertiary alicyclic amines) is 1. The monoisotopic (exact) mass is 300 g/mol. The van der Waals surface area contributed by atoms with Crippen LogP contribution in [0.4, 0.5) is 0 Å². The van der Waals surface area contributed by atoms with Crippen molar-refractivity contribution in [2.75, 3.05) is 13.2 Å². The summed E-state index contributed by atoms with van der Waals surface area (Å²) < 4.78 is 5.73. The largest absolute Gasteiger partial charge is 0.444 e. The lowest BCUT2D eigenvalue weighted by Crippen LogP contribution is -2.48. The van der Waals surface area contributed by atoms with Crippen molar-refractivity contribution < 1.29 is 9.52 Å². The standard InChI is InChI=1S/C18H24N2O2/c1-14-15(2)22-17(19-14)12-20-10-6-9-18(20,13-21)11-16-7-4-3-5-8-16/h3-5,7-8,21H,6,9-13H2,1-2H3. The smallest absolute Gasteiger partial charge is 0.208 e. The van der Waals surface area contributed by atoms with Crippen LogP contribution in [0, 0.1) is 13.8 Å². The SMILES string of the molecule is Cc1nc(CN2CCCC2(CO)Cc2ccccc2)oc1C. The van der Waals surface area contributed by atoms with Gasteiger partial charge in [0.2, 0.25) is 5.89 Å². The van der Waals surface area contributed by atoms with Crippen LogP contribution in [0.2, 0.25) is 0 Å². The van der Waals surface area contributed by atoms with E-state index in [0.29, 0.717) is 6.54 Å². The van der Waals surface area contributed by atoms with E-state index in [1.54, 1.807) is 0 Å². The van der Waals surface area contributed by atoms with Crippen molar-refractivity contribution in [3.8, 4) is 0 Å². The van der Waals surface area contributed by atoms with E-state index in [4.69, 9.17) is 4.42 Å². The summed E-state index contributed by atoms with van der Waals surface area (Å²) in [5.74, 6) is 1.63. The number of oxazole rings is 1. The summed E-state index contributed by atoms with van der Waals surface area (Å²) in [6.07, 6.45) is 2.98. The van der Waals surface area contributed by atoms with E-state index in [9.17, 15) is 5.11 Å². The van der Waals surface area contributed by atoms with E-state index in [0.717, 1.165) is 43.2 Å². The number of nitrogens with zero attached hydrogens (tertiary/aromatic N) is 2. The van der Waals surface area contributed by atoms with Crippen molar-refractivity contribution in [1.29, 1.82) is 0 Å². The normalized spacial score (nSPS) is 22.3. The molecule has 0 amide bonds. The highest BCUT2D eigenvalue weighted by Gasteiger charge is 2.41. The summed E-state index contributed by atoms with van der Waals surface area (Å²) in [4.78, 5) is 6.83. The molecule has 1 aliphatic heterocycles. The molecule has 2 aromatic rings. The van der Waals surface area contributed by atoms with Crippen molar-refractivity contribution in [3.63, 3.8) is 0 Å². The maximum atomic E-state index is 10.1. The number of aliphatic hydroxyl groups excluding tert-OH is 1. The second kappa shape index (κ2) is 6.23. The van der Waals surface area contributed by atoms with E-state index in [2.05, 4.69) is 34.1 Å². The number of benzene rings is 1. The molecule has 22 heavy (non-hydrogen) atoms. The Kier molecular flexibility index (Phi) is 4.32. The highest BCUT2D eigenvalue weighted by atomic mass is 16.4. The van der Waals surface area contributed by atoms with Crippen molar-refractivity contribution in [1.82, 2.24) is 9.88 Å². The second-order valence-electron chi connectivity index (χ2n) is 6.32. The molecule has 0 spiro atoms. The minimum absolute atomic E-state index is 0.167. The molecule has 1 aromatic carbocycles. The third-order valence-corrected chi connectivity index (χ3v) is 4.81. The van der Waals surface area contributed by atoms with Crippen molar-refractivity contribution in [2.24, 2.45) is 0 Å². The fourth-order valence-electron chi connectivity index (χ4n) is 3.42. The van der Waals surface area contributed by atoms with Gasteiger partial charge in [0.15, 0.2) is 0 Å². The Morgan fingerprint density at radius 3 is 2.68 bits per heavy atom. The lowest BCUT2D eigenvalue weighted by Gasteiger charge is -2.36. The maximum absolute atomic E-state index is 10.1. The van der Waals surface area contributed by atoms with Gasteiger partial charge in [0.25, 0.3) is 0 Å². The topological polar surface area (TPSA) is 49.5 Å². The summed E-state index contributed by atoms with van der Waals surface area (Å²) in [5.41, 5.74) is 2.02. The molecule has 0 aliphatic carbocycles. The quantitative estimate of drug-likeness (QED) is 0.922. The average Bonchev–Trinajstić information content (AvgIpc) is 3.05. The minimum atomic E-state index is -0.197. The van der Waals surface area contributed by atoms with Crippen LogP contribution < -0.4 is 0 Å². The molecular formula is C18H24N2O2. The molecule has 0 radical (unpaired) electrons. The summed E-state index contributed by atoms with van der Waals surface area (Å²) in [5, 5.41) is 10.1. The molecular weight excluding hydrogens is 276 g/mol. The molecule has 1 N–H and O–H groups in total. The Labute approximate surface area is 131 Å². The minimum Gasteiger partial charge on any atom is -0.444 e. The molecule has 118 valence electrons. The van der Waals surface area contributed by atoms with Crippen LogP contribution in [0.25, 0.3) is 0 Å². The Morgan fingerprint density at radius 1 is 1.27 bits per heavy atom. The van der Waals surface area contributed by atoms with Gasteiger partial charge in [-0.15, -0.1) is 0 Å². The average molecular weight is 300 g/mol. The molecule has 0 bridgehead atoms. The van der Waals surface area contributed by atoms with Crippen LogP contribution in [0.15, 0.2) is 34.7 Å². The molecule has 1 atom stereocenters. The maximum Gasteiger partial charge on any atom is 0.208 e. The lowest BCUT2D eigenvalue weighted by atomic mass is 9.89. The van der Waals surface area contributed by atoms with Gasteiger partial charge in [-0.25, -0.2) is 4.98 Å². The zero-order valence-corrected chi connectivity index (χ0v) is 13.4. The van der Waals surface area contributed by atoms with Crippen molar-refractivity contribution in [3.05, 3.63) is 53.2 Å². The fourth-order valence-corrected chi connectivity index (χ4v) is 3.42. The van der Waals surface area contributed by atoms with Gasteiger partial charge in [-0.05, 0) is 45.2 Å². The summed E-state index contributed by atoms with van der Waals surface area (Å²) in [6, 6.07) is 10.4. The summed E-state index contributed by atoms with van der Waals surface area (Å²) in [7, 11) is 0. The van der Waals surface area contributed by atoms with E-state index in [-0.39, 0.29) is 12.1 Å². The van der Waals surface area contributed by atoms with Crippen LogP contribution in [-0.2, 0) is 13.0 Å². The first-order chi connectivity index (χ1) is 10.6. The van der Waals surface area contributed by atoms with Crippen LogP contribution in [0.5, 0.6) is 0 Å². The molecule has 3 rings (SSSR count). The molecule has 1 aliphatic rings. The Hall–Kier alpha value is -1.65. The predicted octanol–water partition coefficient (Wildman–Crippen LogP) is 2.86. The molecule has 1 aromatic heterocycles. The molecule has 4 nitrogen and oxygen atoms in total. The number of aromatic nitrogens is 1. The Bertz CT molecular complexity index is 604. The summed E-state index contributed by atoms with van der Waals surface area (Å²) >= 11 is 0. The Morgan fingerprint density at radius 2 is 2.05 bits per heavy atom. The van der Waals surface area contributed by atoms with Gasteiger partial charge < -0.3 is 9.52 Å². The molecule has 0 saturated carbocycles. The number of hydrogen-bond donors (Lipinski definition) is 1. The number of hydrogen-bond acceptors (Lipinski definition) is 4. The van der Waals surface area contributed by atoms with E-state index in [1.165, 1.54) is 5.56 Å². The molecule has 4 heteroatoms. The van der Waals surface area contributed by atoms with Gasteiger partial charge in [-0.1, -0.05) is 30.3 Å². The van der Waals surface area contributed by atoms with E-state index >= 15 is 0 Å². The fraction of sp³-hybridized carbons (Fsp3) is 0.500. The zero-order chi connectivity index (χ0) is 15.6. The highest BCUT2D eigenvalue weighted by Crippen LogP contribution is 2.33. The van der Waals surface area contributed by atoms with E-state index in [1.807, 2.05) is 19.9 Å². The zero-order valence-electron chi connectivity index (χ0n) is 13.4. The van der Waals surface area contributed by atoms with Gasteiger partial charge in [-0.3, -0.25) is 4.90 Å². The van der Waals surface area contributed by atoms with Crippen LogP contribution >= 0.6 is 0 Å². The number of rotatable bonds is 5. The van der Waals surface area contributed by atoms with Gasteiger partial charge in [0.05, 0.1) is 18.8 Å². The van der Waals surface area contributed by atoms with Crippen molar-refractivity contribution in [2.45, 2.75) is 45.2 Å². The first-order valence-electron chi connectivity index (χ1n) is 7.96. The van der Waals surface area contributed by atoms with Gasteiger partial charge in [-0.2, -0.15) is 0 Å². The third kappa shape index (κ3) is 2.94. The van der Waals surface area contributed by atoms with E-state index < -0.39 is 0 Å². The third-order valence-electron chi connectivity index (χ3n) is 4.81. The van der Waals surface area contributed by atoms with Gasteiger partial charge in [0.1, 0.15) is 5.76 Å². The molecule has 1 fully saturated rings. The predicted molar refractivity (Wildman–Crippen MR) is 85.6 cm³/mol. The second-order valence-corrected chi connectivity index (χ2v) is 6.32. The van der Waals surface area contributed by atoms with Gasteiger partial charge in [0, 0.05) is 5.54 Å². The first kappa shape index (κ1) is 15.3. The molecule has 1 unspecified atom stereocenters. The van der Waals surface area contributed by atoms with Gasteiger partial charge >= 0.3 is 0 Å². The number of aryl methyl sites for hydroxylation is 2. The van der Waals surface area contributed by atoms with Crippen LogP contribution in [0.3, 0.4) is 0 Å². The molecule has 1 saturated heterocycles. The molecule has 2 heterocycles. The van der Waals surface area contributed by atoms with Crippen LogP contribution in [-0.4, -0.2) is 33.7 Å². The summed E-state index contributed by atoms with van der Waals surface area (Å²) in [6.45, 7) is 5.73. The number of aliphatic hydroxyl groups is 1. The highest BCUT2D eigenvalue weighted by molar-refractivity contribution is 5.19. The van der Waals surface area contributed by atoms with Crippen molar-refractivity contribution >= 4 is 0 Å². The Balaban J connectivity index is 1.80.